The maximum Gasteiger partial charge on any atom is 0.226 e. The number of rotatable bonds is 2. The van der Waals surface area contributed by atoms with Crippen LogP contribution in [-0.2, 0) is 4.79 Å². The van der Waals surface area contributed by atoms with Gasteiger partial charge in [-0.3, -0.25) is 4.79 Å². The van der Waals surface area contributed by atoms with Gasteiger partial charge in [0.25, 0.3) is 0 Å². The number of anilines is 1. The molecule has 1 aliphatic carbocycles. The van der Waals surface area contributed by atoms with Gasteiger partial charge >= 0.3 is 0 Å². The molecule has 0 saturated heterocycles. The summed E-state index contributed by atoms with van der Waals surface area (Å²) in [5, 5.41) is 8.00. The molecule has 0 saturated carbocycles. The normalized spacial score (nSPS) is 20.9. The summed E-state index contributed by atoms with van der Waals surface area (Å²) in [6.07, 6.45) is 2.22. The molecule has 1 N–H and O–H groups in total. The fourth-order valence-electron chi connectivity index (χ4n) is 4.16. The van der Waals surface area contributed by atoms with Crippen LogP contribution in [0, 0.1) is 11.6 Å². The first-order valence-corrected chi connectivity index (χ1v) is 9.51. The van der Waals surface area contributed by atoms with Crippen molar-refractivity contribution in [3.05, 3.63) is 87.8 Å². The molecule has 1 aliphatic heterocycles. The van der Waals surface area contributed by atoms with E-state index in [0.717, 1.165) is 11.6 Å². The van der Waals surface area contributed by atoms with Crippen LogP contribution in [0.1, 0.15) is 35.9 Å². The summed E-state index contributed by atoms with van der Waals surface area (Å²) in [7, 11) is 0. The van der Waals surface area contributed by atoms with Crippen molar-refractivity contribution >= 4 is 23.3 Å². The molecule has 2 aliphatic rings. The van der Waals surface area contributed by atoms with Gasteiger partial charge in [-0.2, -0.15) is 10.1 Å². The van der Waals surface area contributed by atoms with Crippen LogP contribution >= 0.6 is 11.6 Å². The molecule has 3 aromatic rings. The summed E-state index contributed by atoms with van der Waals surface area (Å²) in [5.41, 5.74) is 2.51. The third-order valence-corrected chi connectivity index (χ3v) is 5.66. The Morgan fingerprint density at radius 1 is 1.03 bits per heavy atom. The second-order valence-corrected chi connectivity index (χ2v) is 7.67. The molecule has 8 heteroatoms. The van der Waals surface area contributed by atoms with E-state index in [0.29, 0.717) is 40.6 Å². The van der Waals surface area contributed by atoms with E-state index in [1.807, 2.05) is 12.1 Å². The molecule has 0 spiro atoms. The maximum atomic E-state index is 13.9. The van der Waals surface area contributed by atoms with Crippen molar-refractivity contribution in [3.63, 3.8) is 0 Å². The molecule has 0 amide bonds. The van der Waals surface area contributed by atoms with Crippen LogP contribution in [0.4, 0.5) is 14.7 Å². The molecule has 5 rings (SSSR count). The molecule has 0 radical (unpaired) electrons. The van der Waals surface area contributed by atoms with Crippen LogP contribution in [0.3, 0.4) is 0 Å². The zero-order valence-corrected chi connectivity index (χ0v) is 15.8. The predicted molar refractivity (Wildman–Crippen MR) is 104 cm³/mol. The van der Waals surface area contributed by atoms with Gasteiger partial charge in [-0.25, -0.2) is 13.5 Å². The van der Waals surface area contributed by atoms with E-state index < -0.39 is 17.7 Å². The Hall–Kier alpha value is -3.06. The molecule has 0 bridgehead atoms. The summed E-state index contributed by atoms with van der Waals surface area (Å²) in [6.45, 7) is 0. The lowest BCUT2D eigenvalue weighted by Crippen LogP contribution is -2.33. The van der Waals surface area contributed by atoms with Crippen molar-refractivity contribution < 1.29 is 13.6 Å². The molecule has 146 valence electrons. The second-order valence-electron chi connectivity index (χ2n) is 7.23. The average molecular weight is 413 g/mol. The molecule has 29 heavy (non-hydrogen) atoms. The highest BCUT2D eigenvalue weighted by Crippen LogP contribution is 2.44. The molecule has 2 heterocycles. The largest absolute Gasteiger partial charge is 0.328 e. The van der Waals surface area contributed by atoms with E-state index in [9.17, 15) is 13.6 Å². The maximum absolute atomic E-state index is 13.9. The standard InChI is InChI=1S/C21H15ClF2N4O/c22-14-3-1-11(2-4-14)12-7-17-19(18(29)8-12)20(28-21(27-17)25-10-26-28)13-5-15(23)9-16(24)6-13/h1-6,9-10,12,20H,7-8H2,(H,25,26,27)/t12-,20+/m1/s1. The van der Waals surface area contributed by atoms with Crippen molar-refractivity contribution in [1.82, 2.24) is 14.8 Å². The van der Waals surface area contributed by atoms with Gasteiger partial charge in [-0.1, -0.05) is 23.7 Å². The average Bonchev–Trinajstić information content (AvgIpc) is 3.14. The van der Waals surface area contributed by atoms with Crippen molar-refractivity contribution in [2.75, 3.05) is 5.32 Å². The van der Waals surface area contributed by atoms with Crippen LogP contribution in [0.5, 0.6) is 0 Å². The molecule has 0 unspecified atom stereocenters. The number of benzene rings is 2. The minimum absolute atomic E-state index is 0.0228. The lowest BCUT2D eigenvalue weighted by Gasteiger charge is -2.35. The van der Waals surface area contributed by atoms with Crippen LogP contribution < -0.4 is 5.32 Å². The van der Waals surface area contributed by atoms with Gasteiger partial charge in [-0.15, -0.1) is 0 Å². The van der Waals surface area contributed by atoms with Gasteiger partial charge in [0.15, 0.2) is 5.78 Å². The second kappa shape index (κ2) is 6.77. The molecular formula is C21H15ClF2N4O. The summed E-state index contributed by atoms with van der Waals surface area (Å²) in [6, 6.07) is 9.96. The number of hydrogen-bond donors (Lipinski definition) is 1. The fourth-order valence-corrected chi connectivity index (χ4v) is 4.29. The highest BCUT2D eigenvalue weighted by molar-refractivity contribution is 6.30. The summed E-state index contributed by atoms with van der Waals surface area (Å²) in [5.74, 6) is -1.09. The number of Topliss-reactive ketones (excluding diaryl/α,β-unsaturated/α-hetero) is 1. The zero-order valence-electron chi connectivity index (χ0n) is 15.1. The Morgan fingerprint density at radius 3 is 2.48 bits per heavy atom. The summed E-state index contributed by atoms with van der Waals surface area (Å²) >= 11 is 5.98. The number of aromatic nitrogens is 3. The number of ketones is 1. The quantitative estimate of drug-likeness (QED) is 0.667. The lowest BCUT2D eigenvalue weighted by atomic mass is 9.78. The van der Waals surface area contributed by atoms with Crippen molar-refractivity contribution in [1.29, 1.82) is 0 Å². The van der Waals surface area contributed by atoms with Gasteiger partial charge < -0.3 is 5.32 Å². The van der Waals surface area contributed by atoms with Crippen LogP contribution in [0.15, 0.2) is 60.1 Å². The number of nitrogens with one attached hydrogen (secondary N) is 1. The monoisotopic (exact) mass is 412 g/mol. The number of halogens is 3. The van der Waals surface area contributed by atoms with E-state index in [1.165, 1.54) is 23.1 Å². The van der Waals surface area contributed by atoms with Gasteiger partial charge in [0.1, 0.15) is 24.0 Å². The first-order chi connectivity index (χ1) is 14.0. The molecule has 0 fully saturated rings. The van der Waals surface area contributed by atoms with Crippen LogP contribution in [0.25, 0.3) is 0 Å². The van der Waals surface area contributed by atoms with Crippen molar-refractivity contribution in [3.8, 4) is 0 Å². The molecular weight excluding hydrogens is 398 g/mol. The molecule has 2 atom stereocenters. The van der Waals surface area contributed by atoms with Gasteiger partial charge in [0.2, 0.25) is 5.95 Å². The Bertz CT molecular complexity index is 1140. The summed E-state index contributed by atoms with van der Waals surface area (Å²) in [4.78, 5) is 17.4. The third-order valence-electron chi connectivity index (χ3n) is 5.40. The Morgan fingerprint density at radius 2 is 1.76 bits per heavy atom. The molecule has 2 aromatic carbocycles. The van der Waals surface area contributed by atoms with Crippen molar-refractivity contribution in [2.24, 2.45) is 0 Å². The number of hydrogen-bond acceptors (Lipinski definition) is 4. The molecule has 1 aromatic heterocycles. The number of fused-ring (bicyclic) bond motifs is 1. The first kappa shape index (κ1) is 18.0. The third kappa shape index (κ3) is 3.11. The Kier molecular flexibility index (Phi) is 4.20. The number of allylic oxidation sites excluding steroid dienone is 2. The number of carbonyl (C=O) groups is 1. The van der Waals surface area contributed by atoms with Crippen LogP contribution in [-0.4, -0.2) is 20.5 Å². The van der Waals surface area contributed by atoms with E-state index in [1.54, 1.807) is 12.1 Å². The highest BCUT2D eigenvalue weighted by Gasteiger charge is 2.39. The predicted octanol–water partition coefficient (Wildman–Crippen LogP) is 4.63. The van der Waals surface area contributed by atoms with Gasteiger partial charge in [-0.05, 0) is 47.7 Å². The number of nitrogens with zero attached hydrogens (tertiary/aromatic N) is 3. The SMILES string of the molecule is O=C1C[C@H](c2ccc(Cl)cc2)CC2=C1[C@H](c1cc(F)cc(F)c1)n1ncnc1N2. The van der Waals surface area contributed by atoms with Gasteiger partial charge in [0.05, 0.1) is 0 Å². The number of carbonyl (C=O) groups excluding carboxylic acids is 1. The van der Waals surface area contributed by atoms with Gasteiger partial charge in [0, 0.05) is 28.8 Å². The lowest BCUT2D eigenvalue weighted by molar-refractivity contribution is -0.116. The fraction of sp³-hybridized carbons (Fsp3) is 0.190. The Balaban J connectivity index is 1.61. The topological polar surface area (TPSA) is 59.8 Å². The highest BCUT2D eigenvalue weighted by atomic mass is 35.5. The van der Waals surface area contributed by atoms with E-state index in [4.69, 9.17) is 11.6 Å². The van der Waals surface area contributed by atoms with E-state index in [2.05, 4.69) is 15.4 Å². The van der Waals surface area contributed by atoms with Crippen LogP contribution in [0.2, 0.25) is 5.02 Å². The smallest absolute Gasteiger partial charge is 0.226 e. The van der Waals surface area contributed by atoms with E-state index in [-0.39, 0.29) is 11.7 Å². The first-order valence-electron chi connectivity index (χ1n) is 9.14. The minimum Gasteiger partial charge on any atom is -0.328 e. The molecule has 5 nitrogen and oxygen atoms in total. The zero-order chi connectivity index (χ0) is 20.1. The summed E-state index contributed by atoms with van der Waals surface area (Å²) < 4.78 is 29.3. The minimum atomic E-state index is -0.729. The van der Waals surface area contributed by atoms with Crippen molar-refractivity contribution in [2.45, 2.75) is 24.8 Å². The Labute approximate surface area is 170 Å². The van der Waals surface area contributed by atoms with E-state index >= 15 is 0 Å².